The minimum absolute atomic E-state index is 0.00809. The number of hydrogen-bond donors (Lipinski definition) is 2. The van der Waals surface area contributed by atoms with Crippen LogP contribution in [0.3, 0.4) is 0 Å². The highest BCUT2D eigenvalue weighted by molar-refractivity contribution is 5.94. The number of phenols is 1. The normalized spacial score (nSPS) is 8.94. The lowest BCUT2D eigenvalue weighted by molar-refractivity contribution is -0.115. The first-order valence-electron chi connectivity index (χ1n) is 4.49. The molecule has 0 aliphatic carbocycles. The van der Waals surface area contributed by atoms with Gasteiger partial charge in [-0.3, -0.25) is 4.79 Å². The lowest BCUT2D eigenvalue weighted by atomic mass is 10.1. The van der Waals surface area contributed by atoms with Crippen molar-refractivity contribution in [3.63, 3.8) is 0 Å². The number of nitrogens with one attached hydrogen (secondary N) is 1. The average molecular weight is 215 g/mol. The van der Waals surface area contributed by atoms with Crippen LogP contribution in [-0.2, 0) is 4.79 Å². The van der Waals surface area contributed by atoms with E-state index in [0.717, 1.165) is 0 Å². The molecule has 0 bridgehead atoms. The molecule has 0 radical (unpaired) electrons. The van der Waals surface area contributed by atoms with Crippen molar-refractivity contribution in [2.45, 2.75) is 13.3 Å². The lowest BCUT2D eigenvalue weighted by Gasteiger charge is -2.10. The summed E-state index contributed by atoms with van der Waals surface area (Å²) in [6.07, 6.45) is -0.292. The molecule has 16 heavy (non-hydrogen) atoms. The zero-order valence-electron chi connectivity index (χ0n) is 8.61. The van der Waals surface area contributed by atoms with Crippen molar-refractivity contribution in [1.82, 2.24) is 0 Å². The molecular weight excluding hydrogens is 206 g/mol. The number of phenolic OH excluding ortho intramolecular Hbond substituents is 1. The zero-order chi connectivity index (χ0) is 12.1. The summed E-state index contributed by atoms with van der Waals surface area (Å²) in [4.78, 5) is 11.2. The number of anilines is 1. The maximum Gasteiger partial charge on any atom is 0.238 e. The molecule has 0 aliphatic rings. The van der Waals surface area contributed by atoms with Gasteiger partial charge in [0.1, 0.15) is 18.2 Å². The molecule has 0 heterocycles. The number of nitriles is 2. The number of carbonyl (C=O) groups is 1. The minimum atomic E-state index is -0.507. The Morgan fingerprint density at radius 1 is 1.50 bits per heavy atom. The van der Waals surface area contributed by atoms with Crippen LogP contribution < -0.4 is 5.32 Å². The van der Waals surface area contributed by atoms with E-state index in [1.165, 1.54) is 12.1 Å². The highest BCUT2D eigenvalue weighted by Crippen LogP contribution is 2.28. The molecule has 5 nitrogen and oxygen atoms in total. The zero-order valence-corrected chi connectivity index (χ0v) is 8.61. The molecule has 80 valence electrons. The molecule has 1 aromatic rings. The Hall–Kier alpha value is -2.53. The van der Waals surface area contributed by atoms with Gasteiger partial charge in [-0.15, -0.1) is 0 Å². The van der Waals surface area contributed by atoms with E-state index in [9.17, 15) is 9.90 Å². The predicted octanol–water partition coefficient (Wildman–Crippen LogP) is 1.42. The second-order valence-electron chi connectivity index (χ2n) is 3.13. The third kappa shape index (κ3) is 2.28. The summed E-state index contributed by atoms with van der Waals surface area (Å²) in [7, 11) is 0. The highest BCUT2D eigenvalue weighted by Gasteiger charge is 2.11. The van der Waals surface area contributed by atoms with Crippen LogP contribution in [0.15, 0.2) is 12.1 Å². The van der Waals surface area contributed by atoms with Crippen molar-refractivity contribution >= 4 is 11.6 Å². The summed E-state index contributed by atoms with van der Waals surface area (Å²) < 4.78 is 0. The molecule has 0 saturated carbocycles. The van der Waals surface area contributed by atoms with Crippen molar-refractivity contribution in [3.8, 4) is 17.9 Å². The Morgan fingerprint density at radius 2 is 2.19 bits per heavy atom. The van der Waals surface area contributed by atoms with E-state index in [4.69, 9.17) is 10.5 Å². The van der Waals surface area contributed by atoms with Gasteiger partial charge >= 0.3 is 0 Å². The standard InChI is InChI=1S/C11H9N3O2/c1-7-9(15)3-2-8(6-13)11(7)14-10(16)4-5-12/h2-3,15H,4H2,1H3,(H,14,16). The van der Waals surface area contributed by atoms with Crippen LogP contribution in [0.4, 0.5) is 5.69 Å². The van der Waals surface area contributed by atoms with Gasteiger partial charge in [0, 0.05) is 5.56 Å². The molecule has 0 spiro atoms. The smallest absolute Gasteiger partial charge is 0.238 e. The second kappa shape index (κ2) is 4.81. The molecule has 0 aliphatic heterocycles. The fourth-order valence-corrected chi connectivity index (χ4v) is 1.21. The van der Waals surface area contributed by atoms with Crippen molar-refractivity contribution in [2.24, 2.45) is 0 Å². The van der Waals surface area contributed by atoms with Gasteiger partial charge in [0.05, 0.1) is 17.3 Å². The SMILES string of the molecule is Cc1c(O)ccc(C#N)c1NC(=O)CC#N. The molecule has 0 unspecified atom stereocenters. The number of carbonyl (C=O) groups excluding carboxylic acids is 1. The van der Waals surface area contributed by atoms with E-state index in [1.807, 2.05) is 6.07 Å². The first kappa shape index (κ1) is 11.5. The Labute approximate surface area is 92.5 Å². The van der Waals surface area contributed by atoms with E-state index in [2.05, 4.69) is 5.32 Å². The number of rotatable bonds is 2. The molecule has 0 aromatic heterocycles. The molecular formula is C11H9N3O2. The first-order valence-corrected chi connectivity index (χ1v) is 4.49. The van der Waals surface area contributed by atoms with Crippen LogP contribution >= 0.6 is 0 Å². The quantitative estimate of drug-likeness (QED) is 0.779. The number of amides is 1. The van der Waals surface area contributed by atoms with Crippen molar-refractivity contribution in [3.05, 3.63) is 23.3 Å². The second-order valence-corrected chi connectivity index (χ2v) is 3.13. The average Bonchev–Trinajstić information content (AvgIpc) is 2.25. The Balaban J connectivity index is 3.13. The van der Waals surface area contributed by atoms with Gasteiger partial charge in [-0.25, -0.2) is 0 Å². The molecule has 0 saturated heterocycles. The third-order valence-electron chi connectivity index (χ3n) is 2.06. The van der Waals surface area contributed by atoms with Gasteiger partial charge in [-0.05, 0) is 19.1 Å². The molecule has 5 heteroatoms. The summed E-state index contributed by atoms with van der Waals surface area (Å²) in [5.41, 5.74) is 0.912. The number of benzene rings is 1. The molecule has 0 fully saturated rings. The van der Waals surface area contributed by atoms with Crippen LogP contribution in [-0.4, -0.2) is 11.0 Å². The van der Waals surface area contributed by atoms with Gasteiger partial charge in [0.25, 0.3) is 0 Å². The largest absolute Gasteiger partial charge is 0.508 e. The maximum absolute atomic E-state index is 11.2. The predicted molar refractivity (Wildman–Crippen MR) is 56.4 cm³/mol. The third-order valence-corrected chi connectivity index (χ3v) is 2.06. The summed E-state index contributed by atoms with van der Waals surface area (Å²) >= 11 is 0. The lowest BCUT2D eigenvalue weighted by Crippen LogP contribution is -2.12. The number of hydrogen-bond acceptors (Lipinski definition) is 4. The van der Waals surface area contributed by atoms with Gasteiger partial charge in [-0.1, -0.05) is 0 Å². The fraction of sp³-hybridized carbons (Fsp3) is 0.182. The number of aromatic hydroxyl groups is 1. The fourth-order valence-electron chi connectivity index (χ4n) is 1.21. The monoisotopic (exact) mass is 215 g/mol. The van der Waals surface area contributed by atoms with Crippen molar-refractivity contribution in [2.75, 3.05) is 5.32 Å². The van der Waals surface area contributed by atoms with Gasteiger partial charge in [-0.2, -0.15) is 10.5 Å². The summed E-state index contributed by atoms with van der Waals surface area (Å²) in [6.45, 7) is 1.58. The van der Waals surface area contributed by atoms with E-state index < -0.39 is 5.91 Å². The van der Waals surface area contributed by atoms with Crippen LogP contribution in [0, 0.1) is 29.6 Å². The first-order chi connectivity index (χ1) is 7.60. The Bertz CT molecular complexity index is 509. The van der Waals surface area contributed by atoms with E-state index >= 15 is 0 Å². The van der Waals surface area contributed by atoms with E-state index in [-0.39, 0.29) is 23.4 Å². The molecule has 2 N–H and O–H groups in total. The minimum Gasteiger partial charge on any atom is -0.508 e. The molecule has 1 rings (SSSR count). The molecule has 1 amide bonds. The summed E-state index contributed by atoms with van der Waals surface area (Å²) in [5.74, 6) is -0.515. The van der Waals surface area contributed by atoms with Gasteiger partial charge in [0.2, 0.25) is 5.91 Å². The number of nitrogens with zero attached hydrogens (tertiary/aromatic N) is 2. The van der Waals surface area contributed by atoms with Crippen molar-refractivity contribution < 1.29 is 9.90 Å². The molecule has 1 aromatic carbocycles. The van der Waals surface area contributed by atoms with Gasteiger partial charge < -0.3 is 10.4 Å². The Kier molecular flexibility index (Phi) is 3.47. The highest BCUT2D eigenvalue weighted by atomic mass is 16.3. The van der Waals surface area contributed by atoms with Crippen LogP contribution in [0.25, 0.3) is 0 Å². The van der Waals surface area contributed by atoms with E-state index in [0.29, 0.717) is 5.56 Å². The van der Waals surface area contributed by atoms with Crippen LogP contribution in [0.2, 0.25) is 0 Å². The summed E-state index contributed by atoms with van der Waals surface area (Å²) in [6, 6.07) is 6.39. The topological polar surface area (TPSA) is 96.9 Å². The van der Waals surface area contributed by atoms with Gasteiger partial charge in [0.15, 0.2) is 0 Å². The van der Waals surface area contributed by atoms with Crippen molar-refractivity contribution in [1.29, 1.82) is 10.5 Å². The van der Waals surface area contributed by atoms with Crippen LogP contribution in [0.5, 0.6) is 5.75 Å². The Morgan fingerprint density at radius 3 is 2.75 bits per heavy atom. The van der Waals surface area contributed by atoms with Crippen LogP contribution in [0.1, 0.15) is 17.5 Å². The molecule has 0 atom stereocenters. The summed E-state index contributed by atoms with van der Waals surface area (Å²) in [5, 5.41) is 29.0. The van der Waals surface area contributed by atoms with E-state index in [1.54, 1.807) is 13.0 Å². The maximum atomic E-state index is 11.2.